The second-order valence-electron chi connectivity index (χ2n) is 6.88. The third kappa shape index (κ3) is 4.13. The van der Waals surface area contributed by atoms with Crippen molar-refractivity contribution in [1.82, 2.24) is 10.2 Å². The minimum atomic E-state index is -1.32. The van der Waals surface area contributed by atoms with Crippen LogP contribution in [0, 0.1) is 12.8 Å². The lowest BCUT2D eigenvalue weighted by molar-refractivity contribution is -0.147. The van der Waals surface area contributed by atoms with Crippen LogP contribution in [0.1, 0.15) is 42.6 Å². The van der Waals surface area contributed by atoms with Crippen LogP contribution in [0.25, 0.3) is 0 Å². The minimum absolute atomic E-state index is 0.0926. The Hall–Kier alpha value is -2.37. The number of carbonyl (C=O) groups is 3. The van der Waals surface area contributed by atoms with Crippen molar-refractivity contribution in [2.75, 3.05) is 13.1 Å². The third-order valence-corrected chi connectivity index (χ3v) is 4.35. The van der Waals surface area contributed by atoms with E-state index < -0.39 is 11.5 Å². The summed E-state index contributed by atoms with van der Waals surface area (Å²) < 4.78 is 0. The molecule has 0 spiro atoms. The first-order valence-electron chi connectivity index (χ1n) is 8.12. The van der Waals surface area contributed by atoms with Crippen molar-refractivity contribution in [2.45, 2.75) is 39.2 Å². The van der Waals surface area contributed by atoms with Crippen LogP contribution >= 0.6 is 0 Å². The Kier molecular flexibility index (Phi) is 5.26. The second-order valence-corrected chi connectivity index (χ2v) is 6.88. The lowest BCUT2D eigenvalue weighted by Crippen LogP contribution is -2.54. The second kappa shape index (κ2) is 7.03. The van der Waals surface area contributed by atoms with Gasteiger partial charge in [0.1, 0.15) is 5.54 Å². The summed E-state index contributed by atoms with van der Waals surface area (Å²) in [4.78, 5) is 37.7. The van der Waals surface area contributed by atoms with E-state index in [0.717, 1.165) is 12.0 Å². The molecular formula is C18H24N2O4. The zero-order valence-electron chi connectivity index (χ0n) is 14.3. The quantitative estimate of drug-likeness (QED) is 0.880. The Balaban J connectivity index is 2.03. The molecule has 1 aliphatic rings. The molecule has 1 saturated heterocycles. The van der Waals surface area contributed by atoms with Crippen molar-refractivity contribution in [3.8, 4) is 0 Å². The first kappa shape index (κ1) is 18.0. The molecule has 0 aliphatic carbocycles. The summed E-state index contributed by atoms with van der Waals surface area (Å²) in [6.45, 7) is 5.78. The van der Waals surface area contributed by atoms with Crippen molar-refractivity contribution in [3.63, 3.8) is 0 Å². The summed E-state index contributed by atoms with van der Waals surface area (Å²) in [6, 6.07) is 7.34. The molecule has 0 saturated carbocycles. The summed E-state index contributed by atoms with van der Waals surface area (Å²) in [5.74, 6) is -1.88. The van der Waals surface area contributed by atoms with Crippen molar-refractivity contribution >= 4 is 17.8 Å². The number of aryl methyl sites for hydroxylation is 1. The van der Waals surface area contributed by atoms with Crippen LogP contribution in [-0.4, -0.2) is 46.4 Å². The third-order valence-electron chi connectivity index (χ3n) is 4.35. The van der Waals surface area contributed by atoms with E-state index in [1.807, 2.05) is 19.1 Å². The molecule has 0 bridgehead atoms. The molecule has 1 aliphatic heterocycles. The number of aliphatic carboxylic acids is 1. The number of benzene rings is 1. The van der Waals surface area contributed by atoms with Gasteiger partial charge in [-0.05, 0) is 45.7 Å². The van der Waals surface area contributed by atoms with Crippen LogP contribution in [0.2, 0.25) is 0 Å². The predicted molar refractivity (Wildman–Crippen MR) is 89.7 cm³/mol. The molecule has 24 heavy (non-hydrogen) atoms. The van der Waals surface area contributed by atoms with Gasteiger partial charge in [-0.2, -0.15) is 0 Å². The van der Waals surface area contributed by atoms with Gasteiger partial charge in [0.15, 0.2) is 0 Å². The van der Waals surface area contributed by atoms with Crippen molar-refractivity contribution in [3.05, 3.63) is 35.4 Å². The van der Waals surface area contributed by atoms with E-state index in [-0.39, 0.29) is 17.7 Å². The topological polar surface area (TPSA) is 86.7 Å². The molecule has 2 amide bonds. The monoisotopic (exact) mass is 332 g/mol. The Morgan fingerprint density at radius 1 is 1.21 bits per heavy atom. The molecule has 1 fully saturated rings. The number of carboxylic acids is 1. The zero-order chi connectivity index (χ0) is 17.9. The lowest BCUT2D eigenvalue weighted by Gasteiger charge is -2.33. The molecule has 1 heterocycles. The Morgan fingerprint density at radius 3 is 2.42 bits per heavy atom. The highest BCUT2D eigenvalue weighted by atomic mass is 16.4. The number of hydrogen-bond donors (Lipinski definition) is 2. The maximum absolute atomic E-state index is 12.6. The van der Waals surface area contributed by atoms with Crippen LogP contribution < -0.4 is 5.32 Å². The van der Waals surface area contributed by atoms with Crippen LogP contribution in [-0.2, 0) is 9.59 Å². The first-order chi connectivity index (χ1) is 11.2. The summed E-state index contributed by atoms with van der Waals surface area (Å²) in [5.41, 5.74) is 0.367. The number of nitrogens with one attached hydrogen (secondary N) is 1. The SMILES string of the molecule is Cc1ccc(C(=O)N2CCCC(C(=O)NC(C)(C)C(=O)O)C2)cc1. The molecule has 6 heteroatoms. The number of carbonyl (C=O) groups excluding carboxylic acids is 2. The van der Waals surface area contributed by atoms with E-state index in [9.17, 15) is 14.4 Å². The van der Waals surface area contributed by atoms with Gasteiger partial charge in [-0.1, -0.05) is 17.7 Å². The van der Waals surface area contributed by atoms with Gasteiger partial charge >= 0.3 is 5.97 Å². The fourth-order valence-electron chi connectivity index (χ4n) is 2.72. The number of likely N-dealkylation sites (tertiary alicyclic amines) is 1. The molecule has 0 aromatic heterocycles. The van der Waals surface area contributed by atoms with Gasteiger partial charge in [0, 0.05) is 18.7 Å². The van der Waals surface area contributed by atoms with E-state index in [0.29, 0.717) is 25.1 Å². The van der Waals surface area contributed by atoms with Gasteiger partial charge in [0.25, 0.3) is 5.91 Å². The highest BCUT2D eigenvalue weighted by molar-refractivity contribution is 5.95. The highest BCUT2D eigenvalue weighted by Gasteiger charge is 2.34. The molecule has 0 radical (unpaired) electrons. The molecular weight excluding hydrogens is 308 g/mol. The fraction of sp³-hybridized carbons (Fsp3) is 0.500. The number of carboxylic acid groups (broad SMARTS) is 1. The van der Waals surface area contributed by atoms with Crippen LogP contribution in [0.3, 0.4) is 0 Å². The van der Waals surface area contributed by atoms with E-state index in [1.165, 1.54) is 13.8 Å². The standard InChI is InChI=1S/C18H24N2O4/c1-12-6-8-13(9-7-12)16(22)20-10-4-5-14(11-20)15(21)19-18(2,3)17(23)24/h6-9,14H,4-5,10-11H2,1-3H3,(H,19,21)(H,23,24). The number of rotatable bonds is 4. The molecule has 6 nitrogen and oxygen atoms in total. The van der Waals surface area contributed by atoms with Gasteiger partial charge in [-0.25, -0.2) is 4.79 Å². The number of nitrogens with zero attached hydrogens (tertiary/aromatic N) is 1. The molecule has 130 valence electrons. The molecule has 1 aromatic carbocycles. The van der Waals surface area contributed by atoms with Crippen molar-refractivity contribution < 1.29 is 19.5 Å². The zero-order valence-corrected chi connectivity index (χ0v) is 14.3. The highest BCUT2D eigenvalue weighted by Crippen LogP contribution is 2.20. The summed E-state index contributed by atoms with van der Waals surface area (Å²) in [7, 11) is 0. The molecule has 1 atom stereocenters. The van der Waals surface area contributed by atoms with Crippen LogP contribution in [0.15, 0.2) is 24.3 Å². The van der Waals surface area contributed by atoms with E-state index in [4.69, 9.17) is 5.11 Å². The van der Waals surface area contributed by atoms with Gasteiger partial charge in [-0.15, -0.1) is 0 Å². The predicted octanol–water partition coefficient (Wildman–Crippen LogP) is 1.83. The molecule has 2 rings (SSSR count). The summed E-state index contributed by atoms with van der Waals surface area (Å²) in [5, 5.41) is 11.7. The first-order valence-corrected chi connectivity index (χ1v) is 8.12. The van der Waals surface area contributed by atoms with Gasteiger partial charge in [0.2, 0.25) is 5.91 Å². The average molecular weight is 332 g/mol. The van der Waals surface area contributed by atoms with Crippen LogP contribution in [0.4, 0.5) is 0 Å². The van der Waals surface area contributed by atoms with Crippen molar-refractivity contribution in [1.29, 1.82) is 0 Å². The Bertz CT molecular complexity index is 637. The number of piperidine rings is 1. The van der Waals surface area contributed by atoms with E-state index >= 15 is 0 Å². The number of amides is 2. The smallest absolute Gasteiger partial charge is 0.328 e. The lowest BCUT2D eigenvalue weighted by atomic mass is 9.94. The van der Waals surface area contributed by atoms with Gasteiger partial charge < -0.3 is 15.3 Å². The van der Waals surface area contributed by atoms with Gasteiger partial charge in [0.05, 0.1) is 5.92 Å². The summed E-state index contributed by atoms with van der Waals surface area (Å²) >= 11 is 0. The minimum Gasteiger partial charge on any atom is -0.480 e. The van der Waals surface area contributed by atoms with Gasteiger partial charge in [-0.3, -0.25) is 9.59 Å². The maximum Gasteiger partial charge on any atom is 0.328 e. The van der Waals surface area contributed by atoms with Crippen LogP contribution in [0.5, 0.6) is 0 Å². The largest absolute Gasteiger partial charge is 0.480 e. The fourth-order valence-corrected chi connectivity index (χ4v) is 2.72. The summed E-state index contributed by atoms with van der Waals surface area (Å²) in [6.07, 6.45) is 1.38. The van der Waals surface area contributed by atoms with E-state index in [1.54, 1.807) is 17.0 Å². The molecule has 2 N–H and O–H groups in total. The normalized spacial score (nSPS) is 18.1. The maximum atomic E-state index is 12.6. The van der Waals surface area contributed by atoms with E-state index in [2.05, 4.69) is 5.32 Å². The Labute approximate surface area is 141 Å². The molecule has 1 unspecified atom stereocenters. The molecule has 1 aromatic rings. The number of hydrogen-bond acceptors (Lipinski definition) is 3. The average Bonchev–Trinajstić information content (AvgIpc) is 2.54. The Morgan fingerprint density at radius 2 is 1.83 bits per heavy atom. The van der Waals surface area contributed by atoms with Crippen molar-refractivity contribution in [2.24, 2.45) is 5.92 Å².